The van der Waals surface area contributed by atoms with Gasteiger partial charge in [-0.2, -0.15) is 8.62 Å². The van der Waals surface area contributed by atoms with Crippen LogP contribution in [-0.2, 0) is 36.3 Å². The van der Waals surface area contributed by atoms with Crippen LogP contribution in [0.15, 0.2) is 31.6 Å². The van der Waals surface area contributed by atoms with Crippen LogP contribution in [0.1, 0.15) is 25.3 Å². The van der Waals surface area contributed by atoms with E-state index >= 15 is 0 Å². The van der Waals surface area contributed by atoms with Crippen LogP contribution < -0.4 is 22.5 Å². The van der Waals surface area contributed by atoms with Crippen LogP contribution in [-0.4, -0.2) is 91.6 Å². The van der Waals surface area contributed by atoms with Gasteiger partial charge in [-0.25, -0.2) is 23.3 Å². The van der Waals surface area contributed by atoms with Crippen LogP contribution in [0.2, 0.25) is 0 Å². The van der Waals surface area contributed by atoms with Crippen molar-refractivity contribution < 1.29 is 115 Å². The van der Waals surface area contributed by atoms with Crippen molar-refractivity contribution in [3.63, 3.8) is 0 Å². The van der Waals surface area contributed by atoms with Gasteiger partial charge in [0.15, 0.2) is 0 Å². The topological polar surface area (TPSA) is 349 Å². The van der Waals surface area contributed by atoms with Gasteiger partial charge in [0.05, 0.1) is 32.6 Å². The predicted octanol–water partition coefficient (Wildman–Crippen LogP) is -2.09. The second-order valence-electron chi connectivity index (χ2n) is 9.22. The van der Waals surface area contributed by atoms with Crippen molar-refractivity contribution in [2.75, 3.05) is 13.2 Å². The molecule has 47 heavy (non-hydrogen) atoms. The van der Waals surface area contributed by atoms with Gasteiger partial charge in [0.1, 0.15) is 24.7 Å². The van der Waals surface area contributed by atoms with Gasteiger partial charge in [-0.15, -0.1) is 0 Å². The Hall–Kier alpha value is 0.472. The fraction of sp³-hybridized carbons (Fsp3) is 0.556. The minimum atomic E-state index is -5.67. The summed E-state index contributed by atoms with van der Waals surface area (Å²) in [6, 6.07) is 0. The van der Waals surface area contributed by atoms with Crippen molar-refractivity contribution in [3.05, 3.63) is 61.2 Å². The van der Waals surface area contributed by atoms with Gasteiger partial charge in [-0.05, 0) is 45.2 Å². The Bertz CT molecular complexity index is 1800. The molecule has 2 aromatic heterocycles. The Morgan fingerprint density at radius 3 is 1.62 bits per heavy atom. The second kappa shape index (κ2) is 17.8. The molecule has 8 atom stereocenters. The number of hydrogen-bond donors (Lipinski definition) is 9. The van der Waals surface area contributed by atoms with Crippen LogP contribution >= 0.6 is 68.6 Å². The Kier molecular flexibility index (Phi) is 16.5. The molecular formula is C18H25AcI2N4O19P3. The Balaban J connectivity index is 0.000000363. The number of phosphoric ester groups is 1. The predicted molar refractivity (Wildman–Crippen MR) is 164 cm³/mol. The van der Waals surface area contributed by atoms with Gasteiger partial charge in [0.2, 0.25) is 0 Å². The van der Waals surface area contributed by atoms with Gasteiger partial charge in [0.25, 0.3) is 11.1 Å². The summed E-state index contributed by atoms with van der Waals surface area (Å²) in [4.78, 5) is 85.5. The first kappa shape index (κ1) is 43.6. The fourth-order valence-electron chi connectivity index (χ4n) is 3.91. The van der Waals surface area contributed by atoms with Crippen molar-refractivity contribution in [3.8, 4) is 0 Å². The van der Waals surface area contributed by atoms with E-state index in [1.165, 1.54) is 17.0 Å². The van der Waals surface area contributed by atoms with Crippen LogP contribution in [0.5, 0.6) is 0 Å². The summed E-state index contributed by atoms with van der Waals surface area (Å²) in [5, 5.41) is 28.5. The van der Waals surface area contributed by atoms with E-state index in [1.54, 1.807) is 45.2 Å². The average Bonchev–Trinajstić information content (AvgIpc) is 3.46. The molecule has 0 amide bonds. The van der Waals surface area contributed by atoms with Gasteiger partial charge < -0.3 is 44.4 Å². The number of ether oxygens (including phenoxy) is 2. The van der Waals surface area contributed by atoms with Crippen molar-refractivity contribution in [1.82, 2.24) is 19.1 Å². The molecule has 23 nitrogen and oxygen atoms in total. The maximum absolute atomic E-state index is 11.9. The van der Waals surface area contributed by atoms with Gasteiger partial charge >= 0.3 is 34.8 Å². The molecule has 2 aliphatic rings. The minimum Gasteiger partial charge on any atom is -0.394 e. The number of hydrogen-bond acceptors (Lipinski definition) is 15. The SMILES string of the molecule is O=c1[nH]c(=O)n([C@H]2C[C@@H](O)[C@@H](CO)O2)cc1I.O=c1[nH]c(=O)n([C@H]2C[C@@H](O)[C@@H](COP(=O)(O)OP(=O)(O)OP(=O)(O)O)O2)cc1I.[Ac]. The molecule has 2 aliphatic heterocycles. The summed E-state index contributed by atoms with van der Waals surface area (Å²) in [6.45, 7) is -1.19. The third-order valence-corrected chi connectivity index (χ3v) is 11.2. The van der Waals surface area contributed by atoms with Crippen molar-refractivity contribution in [1.29, 1.82) is 0 Å². The molecule has 2 fully saturated rings. The number of nitrogens with zero attached hydrogens (tertiary/aromatic N) is 2. The van der Waals surface area contributed by atoms with Gasteiger partial charge in [-0.1, -0.05) is 0 Å². The van der Waals surface area contributed by atoms with E-state index in [4.69, 9.17) is 29.3 Å². The van der Waals surface area contributed by atoms with Crippen molar-refractivity contribution in [2.24, 2.45) is 0 Å². The molecule has 29 heteroatoms. The molecule has 1 radical (unpaired) electrons. The molecule has 2 saturated heterocycles. The molecule has 4 rings (SSSR count). The van der Waals surface area contributed by atoms with Crippen LogP contribution in [0.25, 0.3) is 0 Å². The number of aliphatic hydroxyl groups is 3. The van der Waals surface area contributed by atoms with E-state index in [9.17, 15) is 48.0 Å². The first-order valence-electron chi connectivity index (χ1n) is 12.2. The number of nitrogens with one attached hydrogen (secondary N) is 2. The first-order valence-corrected chi connectivity index (χ1v) is 18.9. The quantitative estimate of drug-likeness (QED) is 0.0910. The first-order chi connectivity index (χ1) is 21.1. The van der Waals surface area contributed by atoms with E-state index in [1.807, 2.05) is 4.98 Å². The smallest absolute Gasteiger partial charge is 0.394 e. The number of H-pyrrole nitrogens is 2. The van der Waals surface area contributed by atoms with E-state index < -0.39 is 89.4 Å². The summed E-state index contributed by atoms with van der Waals surface area (Å²) >= 11 is 3.46. The summed E-state index contributed by atoms with van der Waals surface area (Å²) in [6.07, 6.45) is -3.30. The Morgan fingerprint density at radius 2 is 1.21 bits per heavy atom. The second-order valence-corrected chi connectivity index (χ2v) is 16.0. The molecular weight excluding hydrogens is 1150 g/mol. The molecule has 0 aromatic carbocycles. The average molecular weight is 1180 g/mol. The standard InChI is InChI=1S/C9H14IN2O14P3.C9H11IN2O5.Ac/c10-4-2-12(9(15)11-8(4)14)7-1-5(13)6(24-7)3-23-28(19,20)26-29(21,22)25-27(16,17)18;10-4-2-12(9(16)11-8(4)15)7-1-5(14)6(3-13)17-7;/h2,5-7,13H,1,3H2,(H,19,20)(H,21,22)(H,11,14,15)(H2,16,17,18);2,5-7,13-14H,1,3H2,(H,11,15,16);/t2*5-,6-,7-;/m11./s1. The third kappa shape index (κ3) is 12.9. The normalized spacial score (nSPS) is 26.8. The van der Waals surface area contributed by atoms with Crippen LogP contribution in [0.3, 0.4) is 0 Å². The zero-order valence-corrected chi connectivity index (χ0v) is 34.8. The third-order valence-electron chi connectivity index (χ3n) is 5.88. The molecule has 0 saturated carbocycles. The number of aliphatic hydroxyl groups excluding tert-OH is 3. The molecule has 0 spiro atoms. The molecule has 4 heterocycles. The molecule has 0 aliphatic carbocycles. The van der Waals surface area contributed by atoms with Crippen molar-refractivity contribution >= 4 is 68.6 Å². The summed E-state index contributed by atoms with van der Waals surface area (Å²) in [7, 11) is -16.6. The van der Waals surface area contributed by atoms with E-state index in [0.29, 0.717) is 3.57 Å². The van der Waals surface area contributed by atoms with Crippen molar-refractivity contribution in [2.45, 2.75) is 49.7 Å². The molecule has 263 valence electrons. The number of phosphoric acid groups is 3. The molecule has 0 bridgehead atoms. The minimum absolute atomic E-state index is 0. The Morgan fingerprint density at radius 1 is 0.787 bits per heavy atom. The molecule has 9 N–H and O–H groups in total. The summed E-state index contributed by atoms with van der Waals surface area (Å²) < 4.78 is 58.3. The number of halogens is 2. The maximum atomic E-state index is 11.9. The summed E-state index contributed by atoms with van der Waals surface area (Å²) in [5.74, 6) is 0. The zero-order chi connectivity index (χ0) is 34.8. The van der Waals surface area contributed by atoms with Gasteiger partial charge in [-0.3, -0.25) is 33.2 Å². The van der Waals surface area contributed by atoms with Gasteiger partial charge in [0, 0.05) is 69.3 Å². The monoisotopic (exact) mass is 1170 g/mol. The van der Waals surface area contributed by atoms with E-state index in [2.05, 4.69) is 18.1 Å². The zero-order valence-electron chi connectivity index (χ0n) is 23.0. The molecule has 2 aromatic rings. The largest absolute Gasteiger partial charge is 0.490 e. The van der Waals surface area contributed by atoms with E-state index in [-0.39, 0.29) is 67.1 Å². The van der Waals surface area contributed by atoms with E-state index in [0.717, 1.165) is 4.57 Å². The number of rotatable bonds is 10. The number of aromatic amines is 2. The molecule has 2 unspecified atom stereocenters. The summed E-state index contributed by atoms with van der Waals surface area (Å²) in [5.41, 5.74) is -2.51. The Labute approximate surface area is 323 Å². The maximum Gasteiger partial charge on any atom is 0.490 e. The van der Waals surface area contributed by atoms with Crippen LogP contribution in [0, 0.1) is 51.2 Å². The number of aromatic nitrogens is 4. The fourth-order valence-corrected chi connectivity index (χ4v) is 7.81. The van der Waals surface area contributed by atoms with Crippen LogP contribution in [0.4, 0.5) is 0 Å².